The van der Waals surface area contributed by atoms with Crippen LogP contribution < -0.4 is 16.5 Å². The molecule has 0 saturated heterocycles. The van der Waals surface area contributed by atoms with Crippen LogP contribution >= 0.6 is 12.2 Å². The van der Waals surface area contributed by atoms with E-state index < -0.39 is 0 Å². The first-order valence-electron chi connectivity index (χ1n) is 4.55. The Bertz CT molecular complexity index is 421. The van der Waals surface area contributed by atoms with E-state index in [0.717, 1.165) is 5.56 Å². The number of hydroxylamine groups is 1. The predicted molar refractivity (Wildman–Crippen MR) is 66.1 cm³/mol. The number of carbonyl (C=O) groups excluding carboxylic acids is 1. The molecule has 0 saturated carbocycles. The minimum absolute atomic E-state index is 0.155. The maximum atomic E-state index is 11.6. The first-order valence-corrected chi connectivity index (χ1v) is 4.96. The number of nitrogens with two attached hydrogens (primary N) is 1. The Morgan fingerprint density at radius 1 is 1.50 bits per heavy atom. The van der Waals surface area contributed by atoms with Crippen LogP contribution in [-0.2, 0) is 4.84 Å². The van der Waals surface area contributed by atoms with E-state index in [9.17, 15) is 4.79 Å². The van der Waals surface area contributed by atoms with E-state index in [1.165, 1.54) is 7.11 Å². The van der Waals surface area contributed by atoms with Crippen molar-refractivity contribution in [3.05, 3.63) is 29.3 Å². The molecule has 0 radical (unpaired) electrons. The molecule has 0 fully saturated rings. The van der Waals surface area contributed by atoms with Crippen molar-refractivity contribution in [3.63, 3.8) is 0 Å². The third kappa shape index (κ3) is 3.18. The van der Waals surface area contributed by atoms with Gasteiger partial charge in [0.15, 0.2) is 5.11 Å². The van der Waals surface area contributed by atoms with Crippen molar-refractivity contribution in [3.8, 4) is 0 Å². The maximum absolute atomic E-state index is 11.6. The summed E-state index contributed by atoms with van der Waals surface area (Å²) in [6, 6.07) is 5.24. The van der Waals surface area contributed by atoms with Gasteiger partial charge in [-0.3, -0.25) is 9.63 Å². The molecule has 0 atom stereocenters. The Kier molecular flexibility index (Phi) is 4.21. The highest BCUT2D eigenvalue weighted by molar-refractivity contribution is 7.80. The van der Waals surface area contributed by atoms with Gasteiger partial charge in [-0.05, 0) is 36.8 Å². The molecule has 0 aromatic heterocycles. The van der Waals surface area contributed by atoms with Crippen molar-refractivity contribution >= 4 is 28.9 Å². The lowest BCUT2D eigenvalue weighted by Crippen LogP contribution is -2.23. The number of benzene rings is 1. The van der Waals surface area contributed by atoms with Crippen LogP contribution in [0.15, 0.2) is 18.2 Å². The Labute approximate surface area is 98.9 Å². The second-order valence-corrected chi connectivity index (χ2v) is 3.59. The standard InChI is InChI=1S/C10H13N3O2S/c1-6-3-4-7(12-10(11)16)5-8(6)9(14)13-15-2/h3-5H,1-2H3,(H,13,14)(H3,11,12,16). The summed E-state index contributed by atoms with van der Waals surface area (Å²) in [6.07, 6.45) is 0. The normalized spacial score (nSPS) is 9.62. The second kappa shape index (κ2) is 5.43. The van der Waals surface area contributed by atoms with Crippen molar-refractivity contribution in [2.45, 2.75) is 6.92 Å². The van der Waals surface area contributed by atoms with Crippen molar-refractivity contribution < 1.29 is 9.63 Å². The average Bonchev–Trinajstić information content (AvgIpc) is 2.20. The summed E-state index contributed by atoms with van der Waals surface area (Å²) in [7, 11) is 1.38. The molecule has 1 amide bonds. The van der Waals surface area contributed by atoms with Gasteiger partial charge in [-0.2, -0.15) is 0 Å². The fourth-order valence-electron chi connectivity index (χ4n) is 1.23. The third-order valence-electron chi connectivity index (χ3n) is 1.94. The molecule has 5 nitrogen and oxygen atoms in total. The molecule has 1 aromatic rings. The predicted octanol–water partition coefficient (Wildman–Crippen LogP) is 0.942. The molecule has 86 valence electrons. The zero-order valence-corrected chi connectivity index (χ0v) is 9.85. The van der Waals surface area contributed by atoms with Crippen LogP contribution in [-0.4, -0.2) is 18.1 Å². The SMILES string of the molecule is CONC(=O)c1cc(NC(N)=S)ccc1C. The van der Waals surface area contributed by atoms with E-state index in [4.69, 9.17) is 18.0 Å². The Balaban J connectivity index is 2.98. The number of thiocarbonyl (C=S) groups is 1. The molecule has 0 heterocycles. The first kappa shape index (κ1) is 12.4. The van der Waals surface area contributed by atoms with Crippen molar-refractivity contribution in [1.29, 1.82) is 0 Å². The third-order valence-corrected chi connectivity index (χ3v) is 2.05. The van der Waals surface area contributed by atoms with E-state index in [2.05, 4.69) is 15.6 Å². The molecule has 16 heavy (non-hydrogen) atoms. The van der Waals surface area contributed by atoms with Crippen LogP contribution in [0.4, 0.5) is 5.69 Å². The topological polar surface area (TPSA) is 76.4 Å². The number of carbonyl (C=O) groups is 1. The van der Waals surface area contributed by atoms with Crippen LogP contribution in [0.1, 0.15) is 15.9 Å². The molecule has 0 aliphatic carbocycles. The maximum Gasteiger partial charge on any atom is 0.275 e. The lowest BCUT2D eigenvalue weighted by molar-refractivity contribution is 0.0537. The van der Waals surface area contributed by atoms with Gasteiger partial charge in [0, 0.05) is 11.3 Å². The number of hydrogen-bond acceptors (Lipinski definition) is 3. The molecule has 0 aliphatic heterocycles. The highest BCUT2D eigenvalue weighted by atomic mass is 32.1. The van der Waals surface area contributed by atoms with E-state index in [-0.39, 0.29) is 11.0 Å². The van der Waals surface area contributed by atoms with Gasteiger partial charge in [-0.1, -0.05) is 6.07 Å². The number of amides is 1. The molecule has 1 aromatic carbocycles. The summed E-state index contributed by atoms with van der Waals surface area (Å²) in [5.41, 5.74) is 9.60. The summed E-state index contributed by atoms with van der Waals surface area (Å²) in [6.45, 7) is 1.83. The van der Waals surface area contributed by atoms with Crippen molar-refractivity contribution in [2.24, 2.45) is 5.73 Å². The summed E-state index contributed by atoms with van der Waals surface area (Å²) in [5, 5.41) is 2.91. The minimum atomic E-state index is -0.313. The Morgan fingerprint density at radius 2 is 2.19 bits per heavy atom. The van der Waals surface area contributed by atoms with Gasteiger partial charge in [0.05, 0.1) is 7.11 Å². The number of aryl methyl sites for hydroxylation is 1. The molecule has 6 heteroatoms. The Morgan fingerprint density at radius 3 is 2.75 bits per heavy atom. The van der Waals surface area contributed by atoms with Crippen molar-refractivity contribution in [2.75, 3.05) is 12.4 Å². The molecular formula is C10H13N3O2S. The molecule has 0 aliphatic rings. The smallest absolute Gasteiger partial charge is 0.275 e. The summed E-state index contributed by atoms with van der Waals surface area (Å²) in [4.78, 5) is 16.1. The molecule has 4 N–H and O–H groups in total. The fraction of sp³-hybridized carbons (Fsp3) is 0.200. The van der Waals surface area contributed by atoms with Crippen molar-refractivity contribution in [1.82, 2.24) is 5.48 Å². The lowest BCUT2D eigenvalue weighted by Gasteiger charge is -2.09. The van der Waals surface area contributed by atoms with Gasteiger partial charge in [-0.15, -0.1) is 0 Å². The molecular weight excluding hydrogens is 226 g/mol. The van der Waals surface area contributed by atoms with Gasteiger partial charge < -0.3 is 11.1 Å². The minimum Gasteiger partial charge on any atom is -0.376 e. The zero-order chi connectivity index (χ0) is 12.1. The van der Waals surface area contributed by atoms with Crippen LogP contribution in [0.25, 0.3) is 0 Å². The summed E-state index contributed by atoms with van der Waals surface area (Å²) < 4.78 is 0. The summed E-state index contributed by atoms with van der Waals surface area (Å²) in [5.74, 6) is -0.313. The number of hydrogen-bond donors (Lipinski definition) is 3. The molecule has 0 unspecified atom stereocenters. The van der Waals surface area contributed by atoms with Crippen LogP contribution in [0.3, 0.4) is 0 Å². The molecule has 0 spiro atoms. The highest BCUT2D eigenvalue weighted by Crippen LogP contribution is 2.15. The highest BCUT2D eigenvalue weighted by Gasteiger charge is 2.09. The van der Waals surface area contributed by atoms with Gasteiger partial charge in [-0.25, -0.2) is 5.48 Å². The van der Waals surface area contributed by atoms with E-state index >= 15 is 0 Å². The van der Waals surface area contributed by atoms with E-state index in [1.807, 2.05) is 6.92 Å². The number of nitrogens with one attached hydrogen (secondary N) is 2. The van der Waals surface area contributed by atoms with Gasteiger partial charge in [0.2, 0.25) is 0 Å². The van der Waals surface area contributed by atoms with E-state index in [1.54, 1.807) is 18.2 Å². The van der Waals surface area contributed by atoms with Crippen LogP contribution in [0, 0.1) is 6.92 Å². The van der Waals surface area contributed by atoms with E-state index in [0.29, 0.717) is 11.3 Å². The molecule has 1 rings (SSSR count). The average molecular weight is 239 g/mol. The number of rotatable bonds is 3. The van der Waals surface area contributed by atoms with Crippen LogP contribution in [0.5, 0.6) is 0 Å². The zero-order valence-electron chi connectivity index (χ0n) is 9.03. The quantitative estimate of drug-likeness (QED) is 0.540. The summed E-state index contributed by atoms with van der Waals surface area (Å²) >= 11 is 4.71. The Hall–Kier alpha value is -1.66. The molecule has 0 bridgehead atoms. The monoisotopic (exact) mass is 239 g/mol. The lowest BCUT2D eigenvalue weighted by atomic mass is 10.1. The number of anilines is 1. The van der Waals surface area contributed by atoms with Crippen LogP contribution in [0.2, 0.25) is 0 Å². The van der Waals surface area contributed by atoms with Gasteiger partial charge in [0.1, 0.15) is 0 Å². The largest absolute Gasteiger partial charge is 0.376 e. The fourth-order valence-corrected chi connectivity index (χ4v) is 1.35. The first-order chi connectivity index (χ1) is 7.54. The van der Waals surface area contributed by atoms with Gasteiger partial charge in [0.25, 0.3) is 5.91 Å². The van der Waals surface area contributed by atoms with Gasteiger partial charge >= 0.3 is 0 Å². The second-order valence-electron chi connectivity index (χ2n) is 3.15.